The molecule has 0 aromatic carbocycles. The van der Waals surface area contributed by atoms with E-state index in [2.05, 4.69) is 0 Å². The molecular weight excluding hydrogens is 184 g/mol. The molecule has 14 heavy (non-hydrogen) atoms. The van der Waals surface area contributed by atoms with Gasteiger partial charge in [0.15, 0.2) is 5.60 Å². The molecule has 0 saturated carbocycles. The van der Waals surface area contributed by atoms with Crippen molar-refractivity contribution in [3.05, 3.63) is 0 Å². The molecule has 2 unspecified atom stereocenters. The Balaban J connectivity index is 2.71. The molecule has 82 valence electrons. The van der Waals surface area contributed by atoms with Gasteiger partial charge >= 0.3 is 5.97 Å². The smallest absolute Gasteiger partial charge is 0.335 e. The molecule has 1 aliphatic heterocycles. The summed E-state index contributed by atoms with van der Waals surface area (Å²) in [6, 6.07) is 0. The molecule has 1 heterocycles. The second-order valence-electron chi connectivity index (χ2n) is 3.82. The van der Waals surface area contributed by atoms with Crippen molar-refractivity contribution in [2.24, 2.45) is 5.92 Å². The van der Waals surface area contributed by atoms with Crippen LogP contribution in [-0.4, -0.2) is 35.0 Å². The van der Waals surface area contributed by atoms with E-state index < -0.39 is 11.6 Å². The average molecular weight is 202 g/mol. The van der Waals surface area contributed by atoms with Crippen LogP contribution in [-0.2, 0) is 9.53 Å². The standard InChI is InChI=1S/C10H18O4/c1-2-10(13,9(11)12)8-4-3-6-14-7-5-8/h8,13H,2-7H2,1H3,(H,11,12). The summed E-state index contributed by atoms with van der Waals surface area (Å²) >= 11 is 0. The van der Waals surface area contributed by atoms with Gasteiger partial charge in [0, 0.05) is 19.1 Å². The van der Waals surface area contributed by atoms with Crippen molar-refractivity contribution < 1.29 is 19.7 Å². The third-order valence-corrected chi connectivity index (χ3v) is 3.04. The Morgan fingerprint density at radius 1 is 1.50 bits per heavy atom. The lowest BCUT2D eigenvalue weighted by Gasteiger charge is -2.30. The van der Waals surface area contributed by atoms with Gasteiger partial charge in [-0.25, -0.2) is 4.79 Å². The van der Waals surface area contributed by atoms with Crippen LogP contribution in [0.4, 0.5) is 0 Å². The second kappa shape index (κ2) is 4.75. The van der Waals surface area contributed by atoms with Crippen molar-refractivity contribution in [3.8, 4) is 0 Å². The van der Waals surface area contributed by atoms with Crippen molar-refractivity contribution in [3.63, 3.8) is 0 Å². The molecule has 2 atom stereocenters. The molecule has 1 aliphatic rings. The normalized spacial score (nSPS) is 27.7. The van der Waals surface area contributed by atoms with Crippen LogP contribution in [0.25, 0.3) is 0 Å². The van der Waals surface area contributed by atoms with E-state index in [9.17, 15) is 9.90 Å². The minimum absolute atomic E-state index is 0.174. The van der Waals surface area contributed by atoms with Gasteiger partial charge in [-0.2, -0.15) is 0 Å². The molecule has 2 N–H and O–H groups in total. The van der Waals surface area contributed by atoms with Crippen LogP contribution in [0, 0.1) is 5.92 Å². The molecule has 1 fully saturated rings. The maximum atomic E-state index is 11.0. The van der Waals surface area contributed by atoms with Crippen LogP contribution in [0.2, 0.25) is 0 Å². The highest BCUT2D eigenvalue weighted by molar-refractivity contribution is 5.77. The number of carbonyl (C=O) groups is 1. The van der Waals surface area contributed by atoms with Crippen LogP contribution in [0.1, 0.15) is 32.6 Å². The first-order valence-corrected chi connectivity index (χ1v) is 5.14. The number of carboxylic acids is 1. The number of aliphatic carboxylic acids is 1. The van der Waals surface area contributed by atoms with E-state index in [4.69, 9.17) is 9.84 Å². The lowest BCUT2D eigenvalue weighted by molar-refractivity contribution is -0.166. The largest absolute Gasteiger partial charge is 0.479 e. The summed E-state index contributed by atoms with van der Waals surface area (Å²) in [5, 5.41) is 19.0. The lowest BCUT2D eigenvalue weighted by Crippen LogP contribution is -2.45. The van der Waals surface area contributed by atoms with Gasteiger partial charge in [-0.15, -0.1) is 0 Å². The number of hydrogen-bond acceptors (Lipinski definition) is 3. The van der Waals surface area contributed by atoms with E-state index in [1.54, 1.807) is 6.92 Å². The maximum absolute atomic E-state index is 11.0. The predicted octanol–water partition coefficient (Wildman–Crippen LogP) is 1.03. The summed E-state index contributed by atoms with van der Waals surface area (Å²) < 4.78 is 5.24. The number of rotatable bonds is 3. The third kappa shape index (κ3) is 2.25. The zero-order valence-corrected chi connectivity index (χ0v) is 8.53. The fourth-order valence-electron chi connectivity index (χ4n) is 2.00. The van der Waals surface area contributed by atoms with Crippen molar-refractivity contribution in [1.29, 1.82) is 0 Å². The van der Waals surface area contributed by atoms with Gasteiger partial charge in [-0.1, -0.05) is 6.92 Å². The average Bonchev–Trinajstić information content (AvgIpc) is 2.44. The highest BCUT2D eigenvalue weighted by Crippen LogP contribution is 2.30. The Kier molecular flexibility index (Phi) is 3.89. The molecular formula is C10H18O4. The summed E-state index contributed by atoms with van der Waals surface area (Å²) in [5.74, 6) is -1.28. The summed E-state index contributed by atoms with van der Waals surface area (Å²) in [4.78, 5) is 11.0. The second-order valence-corrected chi connectivity index (χ2v) is 3.82. The van der Waals surface area contributed by atoms with E-state index in [1.165, 1.54) is 0 Å². The third-order valence-electron chi connectivity index (χ3n) is 3.04. The van der Waals surface area contributed by atoms with Gasteiger partial charge < -0.3 is 14.9 Å². The van der Waals surface area contributed by atoms with Crippen molar-refractivity contribution >= 4 is 5.97 Å². The summed E-state index contributed by atoms with van der Waals surface area (Å²) in [6.07, 6.45) is 2.46. The van der Waals surface area contributed by atoms with E-state index >= 15 is 0 Å². The summed E-state index contributed by atoms with van der Waals surface area (Å²) in [6.45, 7) is 2.94. The minimum atomic E-state index is -1.56. The molecule has 0 aromatic heterocycles. The molecule has 0 bridgehead atoms. The first-order valence-electron chi connectivity index (χ1n) is 5.14. The van der Waals surface area contributed by atoms with Gasteiger partial charge in [0.05, 0.1) is 0 Å². The van der Waals surface area contributed by atoms with Crippen LogP contribution in [0.5, 0.6) is 0 Å². The van der Waals surface area contributed by atoms with Crippen molar-refractivity contribution in [2.45, 2.75) is 38.2 Å². The Bertz CT molecular complexity index is 196. The number of carboxylic acid groups (broad SMARTS) is 1. The Morgan fingerprint density at radius 2 is 2.21 bits per heavy atom. The molecule has 4 heteroatoms. The number of aliphatic hydroxyl groups is 1. The molecule has 1 saturated heterocycles. The van der Waals surface area contributed by atoms with E-state index in [1.807, 2.05) is 0 Å². The Labute approximate surface area is 83.9 Å². The summed E-state index contributed by atoms with van der Waals surface area (Å²) in [5.41, 5.74) is -1.56. The molecule has 0 spiro atoms. The first-order chi connectivity index (χ1) is 6.61. The van der Waals surface area contributed by atoms with Crippen LogP contribution >= 0.6 is 0 Å². The summed E-state index contributed by atoms with van der Waals surface area (Å²) in [7, 11) is 0. The van der Waals surface area contributed by atoms with Crippen molar-refractivity contribution in [1.82, 2.24) is 0 Å². The van der Waals surface area contributed by atoms with Crippen molar-refractivity contribution in [2.75, 3.05) is 13.2 Å². The SMILES string of the molecule is CCC(O)(C(=O)O)C1CCCOCC1. The lowest BCUT2D eigenvalue weighted by atomic mass is 9.80. The fraction of sp³-hybridized carbons (Fsp3) is 0.900. The molecule has 0 radical (unpaired) electrons. The molecule has 0 amide bonds. The van der Waals surface area contributed by atoms with Gasteiger partial charge in [0.25, 0.3) is 0 Å². The highest BCUT2D eigenvalue weighted by atomic mass is 16.5. The highest BCUT2D eigenvalue weighted by Gasteiger charge is 2.42. The predicted molar refractivity (Wildman–Crippen MR) is 51.0 cm³/mol. The van der Waals surface area contributed by atoms with Gasteiger partial charge in [-0.05, 0) is 25.7 Å². The zero-order valence-electron chi connectivity index (χ0n) is 8.53. The van der Waals surface area contributed by atoms with E-state index in [0.717, 1.165) is 12.8 Å². The van der Waals surface area contributed by atoms with Crippen LogP contribution in [0.15, 0.2) is 0 Å². The van der Waals surface area contributed by atoms with Gasteiger partial charge in [0.1, 0.15) is 0 Å². The van der Waals surface area contributed by atoms with Crippen LogP contribution in [0.3, 0.4) is 0 Å². The molecule has 1 rings (SSSR count). The first kappa shape index (κ1) is 11.5. The molecule has 0 aliphatic carbocycles. The van der Waals surface area contributed by atoms with Crippen LogP contribution < -0.4 is 0 Å². The number of ether oxygens (including phenoxy) is 1. The molecule has 0 aromatic rings. The van der Waals surface area contributed by atoms with E-state index in [0.29, 0.717) is 19.6 Å². The zero-order chi connectivity index (χ0) is 10.6. The monoisotopic (exact) mass is 202 g/mol. The fourth-order valence-corrected chi connectivity index (χ4v) is 2.00. The Hall–Kier alpha value is -0.610. The van der Waals surface area contributed by atoms with Gasteiger partial charge in [-0.3, -0.25) is 0 Å². The van der Waals surface area contributed by atoms with Gasteiger partial charge in [0.2, 0.25) is 0 Å². The maximum Gasteiger partial charge on any atom is 0.335 e. The quantitative estimate of drug-likeness (QED) is 0.717. The molecule has 4 nitrogen and oxygen atoms in total. The van der Waals surface area contributed by atoms with E-state index in [-0.39, 0.29) is 12.3 Å². The minimum Gasteiger partial charge on any atom is -0.479 e. The Morgan fingerprint density at radius 3 is 2.79 bits per heavy atom. The number of hydrogen-bond donors (Lipinski definition) is 2. The topological polar surface area (TPSA) is 66.8 Å².